The van der Waals surface area contributed by atoms with Crippen LogP contribution in [0.1, 0.15) is 35.6 Å². The van der Waals surface area contributed by atoms with Gasteiger partial charge in [-0.3, -0.25) is 4.79 Å². The van der Waals surface area contributed by atoms with Crippen LogP contribution in [0.5, 0.6) is 11.5 Å². The van der Waals surface area contributed by atoms with Crippen LogP contribution in [0.2, 0.25) is 0 Å². The second-order valence-electron chi connectivity index (χ2n) is 9.35. The highest BCUT2D eigenvalue weighted by atomic mass is 16.6. The predicted molar refractivity (Wildman–Crippen MR) is 123 cm³/mol. The van der Waals surface area contributed by atoms with Crippen molar-refractivity contribution in [3.8, 4) is 11.5 Å². The van der Waals surface area contributed by atoms with E-state index in [1.54, 1.807) is 12.1 Å². The van der Waals surface area contributed by atoms with Crippen LogP contribution in [0, 0.1) is 5.92 Å². The lowest BCUT2D eigenvalue weighted by molar-refractivity contribution is -0.133. The number of aliphatic hydroxyl groups is 2. The molecule has 5 rings (SSSR count). The van der Waals surface area contributed by atoms with E-state index in [4.69, 9.17) is 9.47 Å². The minimum Gasteiger partial charge on any atom is -0.486 e. The number of likely N-dealkylation sites (tertiary alicyclic amines) is 1. The van der Waals surface area contributed by atoms with E-state index in [0.29, 0.717) is 49.7 Å². The van der Waals surface area contributed by atoms with Crippen molar-refractivity contribution in [2.45, 2.75) is 43.9 Å². The number of aliphatic hydroxyl groups excluding tert-OH is 2. The zero-order valence-corrected chi connectivity index (χ0v) is 18.8. The monoisotopic (exact) mass is 452 g/mol. The standard InChI is InChI=1S/C26H32N2O5/c29-24(19-7-8-22-23(15-19)33-12-11-32-22)21(16-28-9-3-4-10-28)27-26(31)25(30)20-13-17-5-1-2-6-18(17)14-20/h1-2,5-8,15,20-21,24-25,29-30H,3-4,9-14,16H2,(H,27,31). The summed E-state index contributed by atoms with van der Waals surface area (Å²) in [7, 11) is 0. The van der Waals surface area contributed by atoms with Gasteiger partial charge in [0, 0.05) is 12.5 Å². The summed E-state index contributed by atoms with van der Waals surface area (Å²) in [6.45, 7) is 3.39. The summed E-state index contributed by atoms with van der Waals surface area (Å²) in [5.74, 6) is 0.691. The molecule has 0 aromatic heterocycles. The molecule has 2 heterocycles. The van der Waals surface area contributed by atoms with Gasteiger partial charge in [-0.25, -0.2) is 0 Å². The number of nitrogens with zero attached hydrogens (tertiary/aromatic N) is 1. The van der Waals surface area contributed by atoms with E-state index in [9.17, 15) is 15.0 Å². The second kappa shape index (κ2) is 9.71. The summed E-state index contributed by atoms with van der Waals surface area (Å²) < 4.78 is 11.3. The molecular weight excluding hydrogens is 420 g/mol. The van der Waals surface area contributed by atoms with Crippen LogP contribution in [-0.2, 0) is 17.6 Å². The van der Waals surface area contributed by atoms with Crippen molar-refractivity contribution in [3.05, 3.63) is 59.2 Å². The Morgan fingerprint density at radius 2 is 1.67 bits per heavy atom. The fourth-order valence-corrected chi connectivity index (χ4v) is 5.24. The number of rotatable bonds is 7. The van der Waals surface area contributed by atoms with Gasteiger partial charge in [-0.05, 0) is 67.6 Å². The predicted octanol–water partition coefficient (Wildman–Crippen LogP) is 1.85. The lowest BCUT2D eigenvalue weighted by Gasteiger charge is -2.30. The van der Waals surface area contributed by atoms with Gasteiger partial charge in [0.05, 0.1) is 6.04 Å². The first kappa shape index (κ1) is 22.2. The summed E-state index contributed by atoms with van der Waals surface area (Å²) in [6.07, 6.45) is 1.55. The molecule has 1 amide bonds. The molecule has 2 aromatic carbocycles. The molecule has 7 nitrogen and oxygen atoms in total. The fraction of sp³-hybridized carbons (Fsp3) is 0.500. The zero-order chi connectivity index (χ0) is 22.8. The molecule has 3 N–H and O–H groups in total. The molecule has 3 unspecified atom stereocenters. The number of hydrogen-bond donors (Lipinski definition) is 3. The number of carbonyl (C=O) groups is 1. The molecule has 0 bridgehead atoms. The molecule has 2 aliphatic heterocycles. The van der Waals surface area contributed by atoms with Crippen LogP contribution in [0.4, 0.5) is 0 Å². The third-order valence-electron chi connectivity index (χ3n) is 7.07. The van der Waals surface area contributed by atoms with Gasteiger partial charge in [0.25, 0.3) is 0 Å². The van der Waals surface area contributed by atoms with Gasteiger partial charge in [-0.2, -0.15) is 0 Å². The Morgan fingerprint density at radius 3 is 2.36 bits per heavy atom. The van der Waals surface area contributed by atoms with E-state index in [1.165, 1.54) is 11.1 Å². The maximum Gasteiger partial charge on any atom is 0.249 e. The molecule has 0 spiro atoms. The maximum atomic E-state index is 13.1. The number of carbonyl (C=O) groups excluding carboxylic acids is 1. The Balaban J connectivity index is 1.30. The fourth-order valence-electron chi connectivity index (χ4n) is 5.24. The van der Waals surface area contributed by atoms with E-state index in [0.717, 1.165) is 25.9 Å². The zero-order valence-electron chi connectivity index (χ0n) is 18.8. The first-order valence-electron chi connectivity index (χ1n) is 11.9. The van der Waals surface area contributed by atoms with Crippen LogP contribution >= 0.6 is 0 Å². The van der Waals surface area contributed by atoms with E-state index in [2.05, 4.69) is 22.3 Å². The Kier molecular flexibility index (Phi) is 6.53. The van der Waals surface area contributed by atoms with Gasteiger partial charge < -0.3 is 29.9 Å². The van der Waals surface area contributed by atoms with Crippen molar-refractivity contribution < 1.29 is 24.5 Å². The molecule has 1 saturated heterocycles. The van der Waals surface area contributed by atoms with Crippen molar-refractivity contribution in [3.63, 3.8) is 0 Å². The highest BCUT2D eigenvalue weighted by molar-refractivity contribution is 5.81. The molecule has 1 aliphatic carbocycles. The van der Waals surface area contributed by atoms with Crippen LogP contribution < -0.4 is 14.8 Å². The van der Waals surface area contributed by atoms with E-state index in [-0.39, 0.29) is 5.92 Å². The third-order valence-corrected chi connectivity index (χ3v) is 7.07. The largest absolute Gasteiger partial charge is 0.486 e. The van der Waals surface area contributed by atoms with Gasteiger partial charge in [0.1, 0.15) is 25.4 Å². The van der Waals surface area contributed by atoms with Crippen molar-refractivity contribution in [2.24, 2.45) is 5.92 Å². The van der Waals surface area contributed by atoms with Crippen molar-refractivity contribution in [1.82, 2.24) is 10.2 Å². The van der Waals surface area contributed by atoms with E-state index < -0.39 is 24.2 Å². The summed E-state index contributed by atoms with van der Waals surface area (Å²) in [6, 6.07) is 12.9. The quantitative estimate of drug-likeness (QED) is 0.594. The topological polar surface area (TPSA) is 91.3 Å². The molecular formula is C26H32N2O5. The second-order valence-corrected chi connectivity index (χ2v) is 9.35. The molecule has 0 radical (unpaired) electrons. The number of hydrogen-bond acceptors (Lipinski definition) is 6. The summed E-state index contributed by atoms with van der Waals surface area (Å²) in [4.78, 5) is 15.4. The van der Waals surface area contributed by atoms with Crippen LogP contribution in [0.25, 0.3) is 0 Å². The average molecular weight is 453 g/mol. The van der Waals surface area contributed by atoms with Crippen molar-refractivity contribution in [1.29, 1.82) is 0 Å². The number of benzene rings is 2. The van der Waals surface area contributed by atoms with Gasteiger partial charge in [0.15, 0.2) is 11.5 Å². The van der Waals surface area contributed by atoms with Gasteiger partial charge in [-0.1, -0.05) is 30.3 Å². The molecule has 7 heteroatoms. The number of fused-ring (bicyclic) bond motifs is 2. The smallest absolute Gasteiger partial charge is 0.249 e. The Morgan fingerprint density at radius 1 is 1.00 bits per heavy atom. The van der Waals surface area contributed by atoms with Gasteiger partial charge in [0.2, 0.25) is 5.91 Å². The highest BCUT2D eigenvalue weighted by Crippen LogP contribution is 2.34. The molecule has 3 aliphatic rings. The van der Waals surface area contributed by atoms with Crippen LogP contribution in [0.15, 0.2) is 42.5 Å². The molecule has 2 aromatic rings. The lowest BCUT2D eigenvalue weighted by Crippen LogP contribution is -2.51. The summed E-state index contributed by atoms with van der Waals surface area (Å²) in [5.41, 5.74) is 3.05. The summed E-state index contributed by atoms with van der Waals surface area (Å²) >= 11 is 0. The minimum atomic E-state index is -1.12. The maximum absolute atomic E-state index is 13.1. The average Bonchev–Trinajstić information content (AvgIpc) is 3.52. The summed E-state index contributed by atoms with van der Waals surface area (Å²) in [5, 5.41) is 25.1. The highest BCUT2D eigenvalue weighted by Gasteiger charge is 2.35. The lowest BCUT2D eigenvalue weighted by atomic mass is 9.96. The SMILES string of the molecule is O=C(NC(CN1CCCC1)C(O)c1ccc2c(c1)OCCO2)C(O)C1Cc2ccccc2C1. The van der Waals surface area contributed by atoms with Crippen molar-refractivity contribution >= 4 is 5.91 Å². The normalized spacial score (nSPS) is 20.8. The first-order chi connectivity index (χ1) is 16.1. The Bertz CT molecular complexity index is 965. The minimum absolute atomic E-state index is 0.152. The Hall–Kier alpha value is -2.61. The molecule has 176 valence electrons. The third kappa shape index (κ3) is 4.86. The number of nitrogens with one attached hydrogen (secondary N) is 1. The van der Waals surface area contributed by atoms with Gasteiger partial charge in [-0.15, -0.1) is 0 Å². The molecule has 1 fully saturated rings. The van der Waals surface area contributed by atoms with Crippen molar-refractivity contribution in [2.75, 3.05) is 32.8 Å². The number of ether oxygens (including phenoxy) is 2. The molecule has 33 heavy (non-hydrogen) atoms. The molecule has 3 atom stereocenters. The number of amides is 1. The van der Waals surface area contributed by atoms with Crippen LogP contribution in [-0.4, -0.2) is 66.0 Å². The van der Waals surface area contributed by atoms with E-state index in [1.807, 2.05) is 18.2 Å². The first-order valence-corrected chi connectivity index (χ1v) is 11.9. The van der Waals surface area contributed by atoms with Crippen LogP contribution in [0.3, 0.4) is 0 Å². The van der Waals surface area contributed by atoms with E-state index >= 15 is 0 Å². The molecule has 0 saturated carbocycles. The Labute approximate surface area is 194 Å². The van der Waals surface area contributed by atoms with Gasteiger partial charge >= 0.3 is 0 Å².